The largest absolute Gasteiger partial charge is 0.352 e. The summed E-state index contributed by atoms with van der Waals surface area (Å²) in [5, 5.41) is 5.72. The van der Waals surface area contributed by atoms with Crippen LogP contribution in [-0.2, 0) is 4.79 Å². The van der Waals surface area contributed by atoms with Crippen LogP contribution in [0.2, 0.25) is 0 Å². The first-order chi connectivity index (χ1) is 10.2. The third kappa shape index (κ3) is 6.26. The number of amides is 2. The van der Waals surface area contributed by atoms with Crippen LogP contribution in [0.1, 0.15) is 37.6 Å². The van der Waals surface area contributed by atoms with E-state index in [0.29, 0.717) is 17.8 Å². The van der Waals surface area contributed by atoms with Crippen molar-refractivity contribution in [1.29, 1.82) is 0 Å². The molecule has 122 valence electrons. The van der Waals surface area contributed by atoms with Crippen molar-refractivity contribution in [3.63, 3.8) is 0 Å². The van der Waals surface area contributed by atoms with Gasteiger partial charge in [0.25, 0.3) is 5.91 Å². The lowest BCUT2D eigenvalue weighted by molar-refractivity contribution is -0.123. The summed E-state index contributed by atoms with van der Waals surface area (Å²) in [6.07, 6.45) is 0.902. The average Bonchev–Trinajstić information content (AvgIpc) is 2.42. The van der Waals surface area contributed by atoms with Gasteiger partial charge in [-0.25, -0.2) is 0 Å². The number of benzene rings is 1. The van der Waals surface area contributed by atoms with E-state index in [1.807, 2.05) is 34.9 Å². The smallest absolute Gasteiger partial charge is 0.251 e. The van der Waals surface area contributed by atoms with Crippen molar-refractivity contribution in [2.45, 2.75) is 27.2 Å². The Morgan fingerprint density at radius 3 is 2.45 bits per heavy atom. The van der Waals surface area contributed by atoms with Crippen molar-refractivity contribution in [2.75, 3.05) is 32.5 Å². The molecule has 22 heavy (non-hydrogen) atoms. The maximum absolute atomic E-state index is 12.1. The molecule has 0 aliphatic rings. The van der Waals surface area contributed by atoms with Gasteiger partial charge in [0, 0.05) is 23.2 Å². The van der Waals surface area contributed by atoms with E-state index >= 15 is 0 Å². The van der Waals surface area contributed by atoms with Crippen molar-refractivity contribution >= 4 is 17.5 Å². The molecule has 2 amide bonds. The van der Waals surface area contributed by atoms with Gasteiger partial charge >= 0.3 is 0 Å². The molecule has 5 heteroatoms. The molecular formula is C17H27N3O2. The normalized spacial score (nSPS) is 11.4. The Hall–Kier alpha value is -1.88. The standard InChI is InChI=1S/C17H27N3O2/c1-17(2,3)16(22)19-14-9-6-8-13(12-14)15(21)18-10-7-11-20(4)5/h6,8-9,12H,7,10-11H2,1-5H3,(H,18,21)(H,19,22). The molecule has 0 heterocycles. The molecule has 5 nitrogen and oxygen atoms in total. The SMILES string of the molecule is CN(C)CCCNC(=O)c1cccc(NC(=O)C(C)(C)C)c1. The second kappa shape index (κ2) is 7.94. The Morgan fingerprint density at radius 1 is 1.18 bits per heavy atom. The highest BCUT2D eigenvalue weighted by atomic mass is 16.2. The molecule has 0 aliphatic heterocycles. The zero-order valence-corrected chi connectivity index (χ0v) is 14.2. The van der Waals surface area contributed by atoms with E-state index in [1.165, 1.54) is 0 Å². The zero-order valence-electron chi connectivity index (χ0n) is 14.2. The summed E-state index contributed by atoms with van der Waals surface area (Å²) < 4.78 is 0. The zero-order chi connectivity index (χ0) is 16.8. The minimum absolute atomic E-state index is 0.0731. The molecule has 1 aromatic rings. The summed E-state index contributed by atoms with van der Waals surface area (Å²) in [4.78, 5) is 26.1. The maximum atomic E-state index is 12.1. The van der Waals surface area contributed by atoms with Crippen LogP contribution < -0.4 is 10.6 Å². The molecule has 2 N–H and O–H groups in total. The van der Waals surface area contributed by atoms with E-state index in [1.54, 1.807) is 24.3 Å². The van der Waals surface area contributed by atoms with E-state index in [4.69, 9.17) is 0 Å². The van der Waals surface area contributed by atoms with Gasteiger partial charge in [0.1, 0.15) is 0 Å². The maximum Gasteiger partial charge on any atom is 0.251 e. The molecule has 1 rings (SSSR count). The summed E-state index contributed by atoms with van der Waals surface area (Å²) in [5.41, 5.74) is 0.724. The first kappa shape index (κ1) is 18.2. The first-order valence-corrected chi connectivity index (χ1v) is 7.54. The predicted octanol–water partition coefficient (Wildman–Crippen LogP) is 2.35. The lowest BCUT2D eigenvalue weighted by atomic mass is 9.95. The lowest BCUT2D eigenvalue weighted by Gasteiger charge is -2.18. The molecular weight excluding hydrogens is 278 g/mol. The van der Waals surface area contributed by atoms with Crippen LogP contribution in [0.15, 0.2) is 24.3 Å². The Balaban J connectivity index is 2.60. The Kier molecular flexibility index (Phi) is 6.56. The summed E-state index contributed by atoms with van der Waals surface area (Å²) in [6.45, 7) is 7.12. The van der Waals surface area contributed by atoms with Crippen LogP contribution in [0, 0.1) is 5.41 Å². The summed E-state index contributed by atoms with van der Waals surface area (Å²) in [5.74, 6) is -0.193. The van der Waals surface area contributed by atoms with Gasteiger partial charge in [0.2, 0.25) is 5.91 Å². The summed E-state index contributed by atoms with van der Waals surface area (Å²) >= 11 is 0. The topological polar surface area (TPSA) is 61.4 Å². The molecule has 0 saturated carbocycles. The van der Waals surface area contributed by atoms with Crippen molar-refractivity contribution < 1.29 is 9.59 Å². The van der Waals surface area contributed by atoms with Gasteiger partial charge in [-0.3, -0.25) is 9.59 Å². The molecule has 0 aliphatic carbocycles. The van der Waals surface area contributed by atoms with Gasteiger partial charge in [0.15, 0.2) is 0 Å². The Labute approximate surface area is 133 Å². The number of carbonyl (C=O) groups is 2. The van der Waals surface area contributed by atoms with Crippen LogP contribution >= 0.6 is 0 Å². The number of nitrogens with zero attached hydrogens (tertiary/aromatic N) is 1. The second-order valence-corrected chi connectivity index (χ2v) is 6.70. The summed E-state index contributed by atoms with van der Waals surface area (Å²) in [6, 6.07) is 7.00. The van der Waals surface area contributed by atoms with Gasteiger partial charge in [-0.1, -0.05) is 26.8 Å². The molecule has 0 atom stereocenters. The quantitative estimate of drug-likeness (QED) is 0.793. The molecule has 0 aromatic heterocycles. The third-order valence-corrected chi connectivity index (χ3v) is 3.13. The van der Waals surface area contributed by atoms with E-state index in [9.17, 15) is 9.59 Å². The predicted molar refractivity (Wildman–Crippen MR) is 90.0 cm³/mol. The van der Waals surface area contributed by atoms with Crippen LogP contribution in [0.5, 0.6) is 0 Å². The highest BCUT2D eigenvalue weighted by Crippen LogP contribution is 2.18. The fourth-order valence-electron chi connectivity index (χ4n) is 1.76. The highest BCUT2D eigenvalue weighted by molar-refractivity contribution is 5.98. The van der Waals surface area contributed by atoms with Crippen molar-refractivity contribution in [3.8, 4) is 0 Å². The molecule has 0 fully saturated rings. The van der Waals surface area contributed by atoms with Gasteiger partial charge in [-0.15, -0.1) is 0 Å². The van der Waals surface area contributed by atoms with Crippen LogP contribution in [0.4, 0.5) is 5.69 Å². The van der Waals surface area contributed by atoms with Gasteiger partial charge in [0.05, 0.1) is 0 Å². The monoisotopic (exact) mass is 305 g/mol. The Morgan fingerprint density at radius 2 is 1.86 bits per heavy atom. The minimum Gasteiger partial charge on any atom is -0.352 e. The number of rotatable bonds is 6. The molecule has 0 unspecified atom stereocenters. The lowest BCUT2D eigenvalue weighted by Crippen LogP contribution is -2.28. The van der Waals surface area contributed by atoms with Crippen LogP contribution in [0.3, 0.4) is 0 Å². The first-order valence-electron chi connectivity index (χ1n) is 7.54. The van der Waals surface area contributed by atoms with Crippen LogP contribution in [-0.4, -0.2) is 43.9 Å². The number of nitrogens with one attached hydrogen (secondary N) is 2. The number of carbonyl (C=O) groups excluding carboxylic acids is 2. The van der Waals surface area contributed by atoms with E-state index in [2.05, 4.69) is 15.5 Å². The van der Waals surface area contributed by atoms with Crippen LogP contribution in [0.25, 0.3) is 0 Å². The van der Waals surface area contributed by atoms with Gasteiger partial charge in [-0.05, 0) is 45.3 Å². The third-order valence-electron chi connectivity index (χ3n) is 3.13. The van der Waals surface area contributed by atoms with E-state index in [-0.39, 0.29) is 11.8 Å². The van der Waals surface area contributed by atoms with Crippen molar-refractivity contribution in [2.24, 2.45) is 5.41 Å². The van der Waals surface area contributed by atoms with Gasteiger partial charge < -0.3 is 15.5 Å². The molecule has 1 aromatic carbocycles. The number of hydrogen-bond acceptors (Lipinski definition) is 3. The van der Waals surface area contributed by atoms with E-state index < -0.39 is 5.41 Å². The van der Waals surface area contributed by atoms with Crippen molar-refractivity contribution in [1.82, 2.24) is 10.2 Å². The fourth-order valence-corrected chi connectivity index (χ4v) is 1.76. The molecule has 0 spiro atoms. The molecule has 0 saturated heterocycles. The molecule has 0 bridgehead atoms. The van der Waals surface area contributed by atoms with E-state index in [0.717, 1.165) is 13.0 Å². The number of hydrogen-bond donors (Lipinski definition) is 2. The summed E-state index contributed by atoms with van der Waals surface area (Å²) in [7, 11) is 4.01. The Bertz CT molecular complexity index is 519. The number of anilines is 1. The average molecular weight is 305 g/mol. The van der Waals surface area contributed by atoms with Crippen molar-refractivity contribution in [3.05, 3.63) is 29.8 Å². The second-order valence-electron chi connectivity index (χ2n) is 6.70. The van der Waals surface area contributed by atoms with Gasteiger partial charge in [-0.2, -0.15) is 0 Å². The highest BCUT2D eigenvalue weighted by Gasteiger charge is 2.21. The minimum atomic E-state index is -0.468. The molecule has 0 radical (unpaired) electrons. The fraction of sp³-hybridized carbons (Fsp3) is 0.529.